The molecule has 4 nitrogen and oxygen atoms in total. The number of ether oxygens (including phenoxy) is 1. The first kappa shape index (κ1) is 15.0. The van der Waals surface area contributed by atoms with Crippen LogP contribution < -0.4 is 10.1 Å². The van der Waals surface area contributed by atoms with E-state index in [1.807, 2.05) is 18.2 Å². The van der Waals surface area contributed by atoms with Crippen molar-refractivity contribution in [2.24, 2.45) is 0 Å². The Morgan fingerprint density at radius 3 is 2.85 bits per heavy atom. The molecule has 0 bridgehead atoms. The fraction of sp³-hybridized carbons (Fsp3) is 0.562. The first-order valence-electron chi connectivity index (χ1n) is 7.28. The topological polar surface area (TPSA) is 41.6 Å². The molecule has 1 unspecified atom stereocenters. The number of nitrogens with one attached hydrogen (secondary N) is 1. The number of benzene rings is 1. The van der Waals surface area contributed by atoms with Gasteiger partial charge in [-0.15, -0.1) is 0 Å². The van der Waals surface area contributed by atoms with Crippen molar-refractivity contribution in [3.8, 4) is 5.75 Å². The average molecular weight is 276 g/mol. The summed E-state index contributed by atoms with van der Waals surface area (Å²) in [5.41, 5.74) is 1.84. The molecule has 1 atom stereocenters. The van der Waals surface area contributed by atoms with Gasteiger partial charge in [0.15, 0.2) is 5.78 Å². The lowest BCUT2D eigenvalue weighted by atomic mass is 10.1. The van der Waals surface area contributed by atoms with Gasteiger partial charge in [0, 0.05) is 30.3 Å². The zero-order valence-corrected chi connectivity index (χ0v) is 12.6. The Labute approximate surface area is 121 Å². The molecule has 1 aliphatic heterocycles. The first-order valence-corrected chi connectivity index (χ1v) is 7.28. The molecule has 1 fully saturated rings. The van der Waals surface area contributed by atoms with Gasteiger partial charge in [-0.2, -0.15) is 0 Å². The Morgan fingerprint density at radius 1 is 1.50 bits per heavy atom. The summed E-state index contributed by atoms with van der Waals surface area (Å²) in [6.07, 6.45) is 1.18. The van der Waals surface area contributed by atoms with E-state index >= 15 is 0 Å². The zero-order valence-electron chi connectivity index (χ0n) is 12.6. The minimum Gasteiger partial charge on any atom is -0.496 e. The van der Waals surface area contributed by atoms with E-state index in [4.69, 9.17) is 4.74 Å². The van der Waals surface area contributed by atoms with Gasteiger partial charge in [-0.3, -0.25) is 9.69 Å². The molecular weight excluding hydrogens is 252 g/mol. The Hall–Kier alpha value is -1.39. The van der Waals surface area contributed by atoms with Crippen LogP contribution in [0, 0.1) is 0 Å². The van der Waals surface area contributed by atoms with Gasteiger partial charge in [0.1, 0.15) is 5.75 Å². The summed E-state index contributed by atoms with van der Waals surface area (Å²) in [5, 5.41) is 3.40. The molecule has 1 heterocycles. The lowest BCUT2D eigenvalue weighted by Gasteiger charge is -2.27. The molecule has 1 aromatic rings. The van der Waals surface area contributed by atoms with Crippen molar-refractivity contribution in [1.29, 1.82) is 0 Å². The van der Waals surface area contributed by atoms with Crippen molar-refractivity contribution in [2.75, 3.05) is 26.7 Å². The predicted molar refractivity (Wildman–Crippen MR) is 80.4 cm³/mol. The summed E-state index contributed by atoms with van der Waals surface area (Å²) in [6, 6.07) is 6.27. The quantitative estimate of drug-likeness (QED) is 0.808. The fourth-order valence-corrected chi connectivity index (χ4v) is 2.79. The van der Waals surface area contributed by atoms with Crippen molar-refractivity contribution >= 4 is 5.78 Å². The van der Waals surface area contributed by atoms with E-state index in [1.165, 1.54) is 6.42 Å². The number of likely N-dealkylation sites (N-methyl/N-ethyl adjacent to an activating group) is 1. The third-order valence-electron chi connectivity index (χ3n) is 4.02. The van der Waals surface area contributed by atoms with E-state index < -0.39 is 0 Å². The summed E-state index contributed by atoms with van der Waals surface area (Å²) in [7, 11) is 1.68. The first-order chi connectivity index (χ1) is 9.65. The molecule has 1 aliphatic rings. The van der Waals surface area contributed by atoms with E-state index in [2.05, 4.69) is 17.1 Å². The molecule has 0 spiro atoms. The normalized spacial score (nSPS) is 18.5. The molecule has 0 aromatic heterocycles. The molecule has 1 aromatic carbocycles. The highest BCUT2D eigenvalue weighted by atomic mass is 16.5. The van der Waals surface area contributed by atoms with E-state index in [0.29, 0.717) is 6.04 Å². The number of carbonyl (C=O) groups excluding carboxylic acids is 1. The second-order valence-corrected chi connectivity index (χ2v) is 5.29. The Balaban J connectivity index is 2.20. The highest BCUT2D eigenvalue weighted by molar-refractivity contribution is 5.94. The Bertz CT molecular complexity index is 468. The largest absolute Gasteiger partial charge is 0.496 e. The molecule has 0 saturated carbocycles. The van der Waals surface area contributed by atoms with Crippen LogP contribution in [0.15, 0.2) is 18.2 Å². The van der Waals surface area contributed by atoms with Crippen LogP contribution in [0.3, 0.4) is 0 Å². The fourth-order valence-electron chi connectivity index (χ4n) is 2.79. The molecule has 1 saturated heterocycles. The lowest BCUT2D eigenvalue weighted by Crippen LogP contribution is -2.36. The van der Waals surface area contributed by atoms with E-state index in [0.717, 1.165) is 43.1 Å². The minimum atomic E-state index is 0.0967. The number of hydrogen-bond acceptors (Lipinski definition) is 4. The molecule has 0 radical (unpaired) electrons. The average Bonchev–Trinajstić information content (AvgIpc) is 2.98. The number of hydrogen-bond donors (Lipinski definition) is 1. The zero-order chi connectivity index (χ0) is 14.5. The van der Waals surface area contributed by atoms with Crippen molar-refractivity contribution in [2.45, 2.75) is 32.9 Å². The molecule has 0 amide bonds. The Morgan fingerprint density at radius 2 is 2.30 bits per heavy atom. The smallest absolute Gasteiger partial charge is 0.159 e. The van der Waals surface area contributed by atoms with Crippen molar-refractivity contribution in [3.63, 3.8) is 0 Å². The van der Waals surface area contributed by atoms with Gasteiger partial charge < -0.3 is 10.1 Å². The van der Waals surface area contributed by atoms with Gasteiger partial charge in [-0.1, -0.05) is 6.92 Å². The van der Waals surface area contributed by atoms with Gasteiger partial charge in [0.2, 0.25) is 0 Å². The number of ketones is 1. The standard InChI is InChI=1S/C16H24N2O2/c1-4-18(15-7-8-17-10-15)11-14-9-13(12(2)19)5-6-16(14)20-3/h5-6,9,15,17H,4,7-8,10-11H2,1-3H3. The predicted octanol–water partition coefficient (Wildman–Crippen LogP) is 2.08. The molecule has 110 valence electrons. The third kappa shape index (κ3) is 3.38. The maximum absolute atomic E-state index is 11.5. The number of nitrogens with zero attached hydrogens (tertiary/aromatic N) is 1. The highest BCUT2D eigenvalue weighted by Gasteiger charge is 2.22. The minimum absolute atomic E-state index is 0.0967. The van der Waals surface area contributed by atoms with Crippen LogP contribution in [0.25, 0.3) is 0 Å². The maximum Gasteiger partial charge on any atom is 0.159 e. The van der Waals surface area contributed by atoms with Crippen LogP contribution in [0.5, 0.6) is 5.75 Å². The van der Waals surface area contributed by atoms with Crippen LogP contribution in [0.4, 0.5) is 0 Å². The number of rotatable bonds is 6. The van der Waals surface area contributed by atoms with E-state index in [-0.39, 0.29) is 5.78 Å². The van der Waals surface area contributed by atoms with E-state index in [9.17, 15) is 4.79 Å². The van der Waals surface area contributed by atoms with E-state index in [1.54, 1.807) is 14.0 Å². The second-order valence-electron chi connectivity index (χ2n) is 5.29. The molecule has 1 N–H and O–H groups in total. The van der Waals surface area contributed by atoms with Crippen LogP contribution in [-0.4, -0.2) is 43.5 Å². The van der Waals surface area contributed by atoms with Crippen LogP contribution in [-0.2, 0) is 6.54 Å². The van der Waals surface area contributed by atoms with Crippen LogP contribution in [0.2, 0.25) is 0 Å². The van der Waals surface area contributed by atoms with Crippen LogP contribution in [0.1, 0.15) is 36.2 Å². The SMILES string of the molecule is CCN(Cc1cc(C(C)=O)ccc1OC)C1CCNC1. The maximum atomic E-state index is 11.5. The molecule has 0 aliphatic carbocycles. The molecule has 2 rings (SSSR count). The van der Waals surface area contributed by atoms with Gasteiger partial charge >= 0.3 is 0 Å². The number of methoxy groups -OCH3 is 1. The third-order valence-corrected chi connectivity index (χ3v) is 4.02. The van der Waals surface area contributed by atoms with Crippen molar-refractivity contribution < 1.29 is 9.53 Å². The highest BCUT2D eigenvalue weighted by Crippen LogP contribution is 2.23. The molecule has 4 heteroatoms. The molecule has 20 heavy (non-hydrogen) atoms. The van der Waals surface area contributed by atoms with Crippen molar-refractivity contribution in [1.82, 2.24) is 10.2 Å². The van der Waals surface area contributed by atoms with Gasteiger partial charge in [0.25, 0.3) is 0 Å². The summed E-state index contributed by atoms with van der Waals surface area (Å²) < 4.78 is 5.43. The monoisotopic (exact) mass is 276 g/mol. The number of Topliss-reactive ketones (excluding diaryl/α,β-unsaturated/α-hetero) is 1. The second kappa shape index (κ2) is 6.86. The Kier molecular flexibility index (Phi) is 5.15. The van der Waals surface area contributed by atoms with Gasteiger partial charge in [-0.05, 0) is 44.6 Å². The van der Waals surface area contributed by atoms with Gasteiger partial charge in [-0.25, -0.2) is 0 Å². The van der Waals surface area contributed by atoms with Gasteiger partial charge in [0.05, 0.1) is 7.11 Å². The van der Waals surface area contributed by atoms with Crippen molar-refractivity contribution in [3.05, 3.63) is 29.3 Å². The summed E-state index contributed by atoms with van der Waals surface area (Å²) in [6.45, 7) is 7.74. The lowest BCUT2D eigenvalue weighted by molar-refractivity contribution is 0.101. The summed E-state index contributed by atoms with van der Waals surface area (Å²) >= 11 is 0. The molecular formula is C16H24N2O2. The number of carbonyl (C=O) groups is 1. The van der Waals surface area contributed by atoms with Crippen LogP contribution >= 0.6 is 0 Å². The summed E-state index contributed by atoms with van der Waals surface area (Å²) in [5.74, 6) is 0.957. The summed E-state index contributed by atoms with van der Waals surface area (Å²) in [4.78, 5) is 14.0.